The van der Waals surface area contributed by atoms with Gasteiger partial charge < -0.3 is 5.11 Å². The molecule has 4 rings (SSSR count). The summed E-state index contributed by atoms with van der Waals surface area (Å²) in [4.78, 5) is 0. The molecule has 0 saturated carbocycles. The van der Waals surface area contributed by atoms with E-state index in [-0.39, 0.29) is 0 Å². The van der Waals surface area contributed by atoms with Crippen LogP contribution in [-0.2, 0) is 6.42 Å². The second kappa shape index (κ2) is 9.18. The van der Waals surface area contributed by atoms with E-state index in [1.54, 1.807) is 0 Å². The van der Waals surface area contributed by atoms with Gasteiger partial charge in [-0.3, -0.25) is 0 Å². The van der Waals surface area contributed by atoms with Gasteiger partial charge in [-0.1, -0.05) is 84.9 Å². The maximum atomic E-state index is 11.8. The largest absolute Gasteiger partial charge is 0.358 e. The Bertz CT molecular complexity index is 905. The molecule has 0 bridgehead atoms. The SMILES string of the molecule is OC(CCc1ccccc1)[P+](c1ccccc1)(c1ccccc1)c1ccccc1. The van der Waals surface area contributed by atoms with Crippen LogP contribution < -0.4 is 15.9 Å². The van der Waals surface area contributed by atoms with Gasteiger partial charge in [-0.25, -0.2) is 0 Å². The lowest BCUT2D eigenvalue weighted by Crippen LogP contribution is -2.39. The Morgan fingerprint density at radius 3 is 1.24 bits per heavy atom. The average molecular weight is 397 g/mol. The lowest BCUT2D eigenvalue weighted by molar-refractivity contribution is 0.247. The van der Waals surface area contributed by atoms with Gasteiger partial charge in [0, 0.05) is 6.42 Å². The van der Waals surface area contributed by atoms with Crippen LogP contribution in [0.4, 0.5) is 0 Å². The molecule has 1 N–H and O–H groups in total. The minimum absolute atomic E-state index is 0.463. The summed E-state index contributed by atoms with van der Waals surface area (Å²) in [6, 6.07) is 42.2. The normalized spacial score (nSPS) is 12.4. The highest BCUT2D eigenvalue weighted by molar-refractivity contribution is 7.96. The smallest absolute Gasteiger partial charge is 0.178 e. The second-order valence-corrected chi connectivity index (χ2v) is 10.8. The minimum Gasteiger partial charge on any atom is -0.358 e. The molecule has 4 aromatic carbocycles. The van der Waals surface area contributed by atoms with Crippen molar-refractivity contribution in [3.63, 3.8) is 0 Å². The maximum Gasteiger partial charge on any atom is 0.178 e. The third kappa shape index (κ3) is 4.03. The van der Waals surface area contributed by atoms with Crippen molar-refractivity contribution in [1.82, 2.24) is 0 Å². The number of hydrogen-bond acceptors (Lipinski definition) is 1. The van der Waals surface area contributed by atoms with Crippen LogP contribution in [0.25, 0.3) is 0 Å². The number of aliphatic hydroxyl groups excluding tert-OH is 1. The second-order valence-electron chi connectivity index (χ2n) is 7.23. The predicted molar refractivity (Wildman–Crippen MR) is 126 cm³/mol. The molecule has 0 aliphatic carbocycles. The van der Waals surface area contributed by atoms with E-state index < -0.39 is 13.1 Å². The molecule has 0 saturated heterocycles. The van der Waals surface area contributed by atoms with Crippen LogP contribution in [0.5, 0.6) is 0 Å². The van der Waals surface area contributed by atoms with E-state index in [2.05, 4.69) is 97.1 Å². The summed E-state index contributed by atoms with van der Waals surface area (Å²) >= 11 is 0. The summed E-state index contributed by atoms with van der Waals surface area (Å²) in [6.07, 6.45) is 1.58. The summed E-state index contributed by atoms with van der Waals surface area (Å²) in [5.74, 6) is -0.463. The molecule has 0 amide bonds. The van der Waals surface area contributed by atoms with E-state index in [0.29, 0.717) is 0 Å². The van der Waals surface area contributed by atoms with Crippen molar-refractivity contribution in [3.8, 4) is 0 Å². The van der Waals surface area contributed by atoms with E-state index in [1.165, 1.54) is 21.5 Å². The van der Waals surface area contributed by atoms with Gasteiger partial charge in [-0.2, -0.15) is 0 Å². The summed E-state index contributed by atoms with van der Waals surface area (Å²) in [7, 11) is -2.23. The molecule has 0 radical (unpaired) electrons. The third-order valence-electron chi connectivity index (χ3n) is 5.47. The molecule has 0 fully saturated rings. The van der Waals surface area contributed by atoms with Gasteiger partial charge in [-0.15, -0.1) is 0 Å². The summed E-state index contributed by atoms with van der Waals surface area (Å²) in [6.45, 7) is 0. The average Bonchev–Trinajstić information content (AvgIpc) is 2.81. The molecule has 144 valence electrons. The van der Waals surface area contributed by atoms with E-state index in [4.69, 9.17) is 0 Å². The highest BCUT2D eigenvalue weighted by atomic mass is 31.2. The Labute approximate surface area is 174 Å². The Morgan fingerprint density at radius 2 is 0.862 bits per heavy atom. The predicted octanol–water partition coefficient (Wildman–Crippen LogP) is 4.93. The minimum atomic E-state index is -2.23. The van der Waals surface area contributed by atoms with Crippen molar-refractivity contribution in [2.45, 2.75) is 18.7 Å². The van der Waals surface area contributed by atoms with Crippen molar-refractivity contribution >= 4 is 23.2 Å². The molecule has 1 unspecified atom stereocenters. The highest BCUT2D eigenvalue weighted by Gasteiger charge is 2.51. The van der Waals surface area contributed by atoms with Gasteiger partial charge in [0.1, 0.15) is 23.2 Å². The lowest BCUT2D eigenvalue weighted by Gasteiger charge is -2.31. The molecule has 2 heteroatoms. The van der Waals surface area contributed by atoms with Gasteiger partial charge in [-0.05, 0) is 48.4 Å². The Hall–Kier alpha value is -2.73. The van der Waals surface area contributed by atoms with Crippen molar-refractivity contribution in [3.05, 3.63) is 127 Å². The van der Waals surface area contributed by atoms with Crippen LogP contribution in [0, 0.1) is 0 Å². The zero-order valence-electron chi connectivity index (χ0n) is 16.4. The number of aryl methyl sites for hydroxylation is 1. The summed E-state index contributed by atoms with van der Waals surface area (Å²) in [5, 5.41) is 15.5. The maximum absolute atomic E-state index is 11.8. The molecule has 0 spiro atoms. The number of aliphatic hydroxyl groups is 1. The van der Waals surface area contributed by atoms with Gasteiger partial charge in [0.25, 0.3) is 0 Å². The van der Waals surface area contributed by atoms with Crippen LogP contribution in [0.15, 0.2) is 121 Å². The quantitative estimate of drug-likeness (QED) is 0.439. The number of hydrogen-bond donors (Lipinski definition) is 1. The fourth-order valence-corrected chi connectivity index (χ4v) is 8.46. The number of rotatable bonds is 7. The monoisotopic (exact) mass is 397 g/mol. The summed E-state index contributed by atoms with van der Waals surface area (Å²) < 4.78 is 0. The van der Waals surface area contributed by atoms with E-state index >= 15 is 0 Å². The van der Waals surface area contributed by atoms with Crippen LogP contribution in [0.3, 0.4) is 0 Å². The highest BCUT2D eigenvalue weighted by Crippen LogP contribution is 2.59. The van der Waals surface area contributed by atoms with E-state index in [9.17, 15) is 5.11 Å². The Kier molecular flexibility index (Phi) is 6.20. The lowest BCUT2D eigenvalue weighted by atomic mass is 10.1. The first-order valence-corrected chi connectivity index (χ1v) is 11.9. The van der Waals surface area contributed by atoms with Crippen molar-refractivity contribution in [2.24, 2.45) is 0 Å². The van der Waals surface area contributed by atoms with Crippen molar-refractivity contribution in [2.75, 3.05) is 0 Å². The first kappa shape index (κ1) is 19.6. The molecule has 29 heavy (non-hydrogen) atoms. The molecular formula is C27H26OP+. The molecule has 4 aromatic rings. The molecule has 0 aliphatic rings. The third-order valence-corrected chi connectivity index (χ3v) is 9.96. The zero-order valence-corrected chi connectivity index (χ0v) is 17.3. The van der Waals surface area contributed by atoms with Crippen LogP contribution in [0.1, 0.15) is 12.0 Å². The standard InChI is InChI=1S/C27H26OP/c28-27(22-21-23-13-5-1-6-14-23)29(24-15-7-2-8-16-24,25-17-9-3-10-18-25)26-19-11-4-12-20-26/h1-20,27-28H,21-22H2/q+1. The summed E-state index contributed by atoms with van der Waals surface area (Å²) in [5.41, 5.74) is 1.26. The molecule has 0 aliphatic heterocycles. The molecule has 1 atom stereocenters. The fraction of sp³-hybridized carbons (Fsp3) is 0.111. The molecular weight excluding hydrogens is 371 g/mol. The van der Waals surface area contributed by atoms with Crippen LogP contribution in [0.2, 0.25) is 0 Å². The van der Waals surface area contributed by atoms with Crippen LogP contribution >= 0.6 is 7.26 Å². The first-order valence-electron chi connectivity index (χ1n) is 10.1. The first-order chi connectivity index (χ1) is 14.3. The molecule has 0 aromatic heterocycles. The van der Waals surface area contributed by atoms with E-state index in [1.807, 2.05) is 24.3 Å². The molecule has 0 heterocycles. The Balaban J connectivity index is 1.85. The topological polar surface area (TPSA) is 20.2 Å². The zero-order chi connectivity index (χ0) is 19.9. The number of benzene rings is 4. The van der Waals surface area contributed by atoms with Crippen molar-refractivity contribution < 1.29 is 5.11 Å². The van der Waals surface area contributed by atoms with Gasteiger partial charge >= 0.3 is 0 Å². The van der Waals surface area contributed by atoms with Gasteiger partial charge in [0.2, 0.25) is 0 Å². The van der Waals surface area contributed by atoms with Crippen LogP contribution in [-0.4, -0.2) is 11.0 Å². The Morgan fingerprint density at radius 1 is 0.517 bits per heavy atom. The fourth-order valence-electron chi connectivity index (χ4n) is 4.09. The van der Waals surface area contributed by atoms with E-state index in [0.717, 1.165) is 12.8 Å². The van der Waals surface area contributed by atoms with Gasteiger partial charge in [0.15, 0.2) is 5.85 Å². The van der Waals surface area contributed by atoms with Crippen molar-refractivity contribution in [1.29, 1.82) is 0 Å². The molecule has 1 nitrogen and oxygen atoms in total. The van der Waals surface area contributed by atoms with Gasteiger partial charge in [0.05, 0.1) is 0 Å².